The van der Waals surface area contributed by atoms with Crippen molar-refractivity contribution in [3.8, 4) is 0 Å². The molecule has 20 heavy (non-hydrogen) atoms. The highest BCUT2D eigenvalue weighted by molar-refractivity contribution is 8.00. The highest BCUT2D eigenvalue weighted by atomic mass is 35.5. The van der Waals surface area contributed by atoms with Gasteiger partial charge < -0.3 is 0 Å². The fourth-order valence-electron chi connectivity index (χ4n) is 2.20. The zero-order valence-corrected chi connectivity index (χ0v) is 12.5. The van der Waals surface area contributed by atoms with Crippen LogP contribution in [-0.2, 0) is 4.79 Å². The van der Waals surface area contributed by atoms with Crippen LogP contribution in [-0.4, -0.2) is 16.6 Å². The lowest BCUT2D eigenvalue weighted by molar-refractivity contribution is -0.115. The molecule has 1 aromatic carbocycles. The maximum atomic E-state index is 12.2. The third-order valence-electron chi connectivity index (χ3n) is 3.27. The molecule has 2 heterocycles. The van der Waals surface area contributed by atoms with E-state index in [1.807, 2.05) is 37.3 Å². The number of pyridine rings is 1. The summed E-state index contributed by atoms with van der Waals surface area (Å²) in [6.07, 6.45) is 3.54. The molecule has 0 bridgehead atoms. The average molecular weight is 305 g/mol. The van der Waals surface area contributed by atoms with Crippen molar-refractivity contribution in [2.45, 2.75) is 12.3 Å². The van der Waals surface area contributed by atoms with Crippen molar-refractivity contribution < 1.29 is 4.79 Å². The predicted octanol–water partition coefficient (Wildman–Crippen LogP) is 3.82. The first-order valence-electron chi connectivity index (χ1n) is 6.26. The molecule has 0 radical (unpaired) electrons. The van der Waals surface area contributed by atoms with Crippen LogP contribution in [0.25, 0.3) is 0 Å². The van der Waals surface area contributed by atoms with Crippen LogP contribution in [0.5, 0.6) is 0 Å². The molecule has 102 valence electrons. The van der Waals surface area contributed by atoms with Crippen LogP contribution in [0.3, 0.4) is 0 Å². The molecule has 0 N–H and O–H groups in total. The molecule has 5 heteroatoms. The lowest BCUT2D eigenvalue weighted by Gasteiger charge is -2.24. The molecule has 1 aliphatic rings. The molecule has 1 aromatic heterocycles. The lowest BCUT2D eigenvalue weighted by atomic mass is 10.2. The molecule has 3 nitrogen and oxygen atoms in total. The van der Waals surface area contributed by atoms with E-state index < -0.39 is 0 Å². The first-order chi connectivity index (χ1) is 9.66. The van der Waals surface area contributed by atoms with Crippen molar-refractivity contribution in [2.75, 3.05) is 10.7 Å². The van der Waals surface area contributed by atoms with Crippen molar-refractivity contribution in [3.05, 3.63) is 58.9 Å². The molecule has 0 saturated carbocycles. The smallest absolute Gasteiger partial charge is 0.238 e. The second-order valence-corrected chi connectivity index (χ2v) is 6.12. The number of amides is 1. The summed E-state index contributed by atoms with van der Waals surface area (Å²) >= 11 is 7.79. The van der Waals surface area contributed by atoms with Gasteiger partial charge in [0.2, 0.25) is 5.91 Å². The van der Waals surface area contributed by atoms with Crippen LogP contribution in [0, 0.1) is 6.92 Å². The van der Waals surface area contributed by atoms with E-state index >= 15 is 0 Å². The molecule has 1 saturated heterocycles. The molecule has 1 fully saturated rings. The van der Waals surface area contributed by atoms with E-state index in [1.54, 1.807) is 29.1 Å². The predicted molar refractivity (Wildman–Crippen MR) is 83.1 cm³/mol. The fraction of sp³-hybridized carbons (Fsp3) is 0.200. The number of benzene rings is 1. The number of aryl methyl sites for hydroxylation is 1. The van der Waals surface area contributed by atoms with Gasteiger partial charge in [-0.3, -0.25) is 14.7 Å². The van der Waals surface area contributed by atoms with Crippen LogP contribution < -0.4 is 4.90 Å². The molecule has 2 aromatic rings. The Morgan fingerprint density at radius 1 is 1.40 bits per heavy atom. The van der Waals surface area contributed by atoms with Crippen molar-refractivity contribution in [1.29, 1.82) is 0 Å². The van der Waals surface area contributed by atoms with Crippen molar-refractivity contribution >= 4 is 35.0 Å². The molecule has 0 spiro atoms. The van der Waals surface area contributed by atoms with Crippen LogP contribution >= 0.6 is 23.4 Å². The van der Waals surface area contributed by atoms with Gasteiger partial charge in [0, 0.05) is 28.7 Å². The normalized spacial score (nSPS) is 18.6. The Bertz CT molecular complexity index is 648. The molecule has 1 unspecified atom stereocenters. The quantitative estimate of drug-likeness (QED) is 0.845. The van der Waals surface area contributed by atoms with E-state index in [2.05, 4.69) is 4.98 Å². The molecule has 1 amide bonds. The molecule has 3 rings (SSSR count). The van der Waals surface area contributed by atoms with Crippen molar-refractivity contribution in [2.24, 2.45) is 0 Å². The number of anilines is 1. The summed E-state index contributed by atoms with van der Waals surface area (Å²) in [7, 11) is 0. The minimum atomic E-state index is -0.0324. The van der Waals surface area contributed by atoms with Crippen LogP contribution in [0.15, 0.2) is 42.7 Å². The summed E-state index contributed by atoms with van der Waals surface area (Å²) in [5.41, 5.74) is 2.87. The number of aromatic nitrogens is 1. The Labute approximate surface area is 127 Å². The molecule has 1 atom stereocenters. The van der Waals surface area contributed by atoms with Gasteiger partial charge >= 0.3 is 0 Å². The zero-order chi connectivity index (χ0) is 14.1. The number of rotatable bonds is 2. The van der Waals surface area contributed by atoms with Gasteiger partial charge in [-0.15, -0.1) is 11.8 Å². The monoisotopic (exact) mass is 304 g/mol. The first-order valence-corrected chi connectivity index (χ1v) is 7.69. The van der Waals surface area contributed by atoms with E-state index in [0.717, 1.165) is 16.8 Å². The third kappa shape index (κ3) is 2.41. The summed E-state index contributed by atoms with van der Waals surface area (Å²) in [6, 6.07) is 9.61. The second-order valence-electron chi connectivity index (χ2n) is 4.65. The summed E-state index contributed by atoms with van der Waals surface area (Å²) in [5, 5.41) is 0.645. The maximum absolute atomic E-state index is 12.2. The van der Waals surface area contributed by atoms with Gasteiger partial charge in [0.1, 0.15) is 5.37 Å². The van der Waals surface area contributed by atoms with E-state index in [4.69, 9.17) is 11.6 Å². The Kier molecular flexibility index (Phi) is 3.68. The van der Waals surface area contributed by atoms with Crippen molar-refractivity contribution in [1.82, 2.24) is 4.98 Å². The van der Waals surface area contributed by atoms with Crippen molar-refractivity contribution in [3.63, 3.8) is 0 Å². The second kappa shape index (κ2) is 5.46. The fourth-order valence-corrected chi connectivity index (χ4v) is 3.54. The number of thioether (sulfide) groups is 1. The van der Waals surface area contributed by atoms with Gasteiger partial charge in [-0.1, -0.05) is 23.7 Å². The lowest BCUT2D eigenvalue weighted by Crippen LogP contribution is -2.27. The van der Waals surface area contributed by atoms with Crippen LogP contribution in [0.1, 0.15) is 16.5 Å². The van der Waals surface area contributed by atoms with Gasteiger partial charge in [0.25, 0.3) is 0 Å². The van der Waals surface area contributed by atoms with Gasteiger partial charge in [-0.05, 0) is 30.7 Å². The molecule has 0 aliphatic carbocycles. The summed E-state index contributed by atoms with van der Waals surface area (Å²) in [6.45, 7) is 1.95. The number of carbonyl (C=O) groups excluding carboxylic acids is 1. The Morgan fingerprint density at radius 3 is 2.95 bits per heavy atom. The largest absolute Gasteiger partial charge is 0.295 e. The SMILES string of the molecule is Cc1ccc(N2C(=O)CSC2c2cccnc2)cc1Cl. The Balaban J connectivity index is 2.00. The van der Waals surface area contributed by atoms with E-state index in [1.165, 1.54) is 0 Å². The minimum absolute atomic E-state index is 0.0324. The van der Waals surface area contributed by atoms with Gasteiger partial charge in [0.15, 0.2) is 0 Å². The number of carbonyl (C=O) groups is 1. The Morgan fingerprint density at radius 2 is 2.25 bits per heavy atom. The number of nitrogens with zero attached hydrogens (tertiary/aromatic N) is 2. The minimum Gasteiger partial charge on any atom is -0.295 e. The summed E-state index contributed by atoms with van der Waals surface area (Å²) in [5.74, 6) is 0.578. The van der Waals surface area contributed by atoms with Gasteiger partial charge in [-0.2, -0.15) is 0 Å². The average Bonchev–Trinajstić information content (AvgIpc) is 2.85. The van der Waals surface area contributed by atoms with Gasteiger partial charge in [0.05, 0.1) is 5.75 Å². The highest BCUT2D eigenvalue weighted by Crippen LogP contribution is 2.42. The number of hydrogen-bond acceptors (Lipinski definition) is 3. The highest BCUT2D eigenvalue weighted by Gasteiger charge is 2.34. The van der Waals surface area contributed by atoms with Crippen LogP contribution in [0.4, 0.5) is 5.69 Å². The van der Waals surface area contributed by atoms with E-state index in [9.17, 15) is 4.79 Å². The van der Waals surface area contributed by atoms with Crippen LogP contribution in [0.2, 0.25) is 5.02 Å². The standard InChI is InChI=1S/C15H13ClN2OS/c1-10-4-5-12(7-13(10)16)18-14(19)9-20-15(18)11-3-2-6-17-8-11/h2-8,15H,9H2,1H3. The first kappa shape index (κ1) is 13.5. The zero-order valence-electron chi connectivity index (χ0n) is 10.9. The molecule has 1 aliphatic heterocycles. The summed E-state index contributed by atoms with van der Waals surface area (Å²) < 4.78 is 0. The van der Waals surface area contributed by atoms with E-state index in [0.29, 0.717) is 10.8 Å². The number of halogens is 1. The van der Waals surface area contributed by atoms with Gasteiger partial charge in [-0.25, -0.2) is 0 Å². The molecular formula is C15H13ClN2OS. The number of hydrogen-bond donors (Lipinski definition) is 0. The third-order valence-corrected chi connectivity index (χ3v) is 4.89. The molecular weight excluding hydrogens is 292 g/mol. The Hall–Kier alpha value is -1.52. The maximum Gasteiger partial charge on any atom is 0.238 e. The van der Waals surface area contributed by atoms with E-state index in [-0.39, 0.29) is 11.3 Å². The summed E-state index contributed by atoms with van der Waals surface area (Å²) in [4.78, 5) is 18.1. The topological polar surface area (TPSA) is 33.2 Å².